The van der Waals surface area contributed by atoms with E-state index in [0.717, 1.165) is 5.06 Å². The zero-order chi connectivity index (χ0) is 11.8. The molecule has 0 aliphatic carbocycles. The third-order valence-electron chi connectivity index (χ3n) is 2.86. The zero-order valence-corrected chi connectivity index (χ0v) is 8.91. The molecule has 3 rings (SSSR count). The van der Waals surface area contributed by atoms with E-state index in [-0.39, 0.29) is 5.78 Å². The molecule has 0 N–H and O–H groups in total. The Balaban J connectivity index is 2.10. The Morgan fingerprint density at radius 1 is 1.12 bits per heavy atom. The highest BCUT2D eigenvalue weighted by molar-refractivity contribution is 6.11. The Morgan fingerprint density at radius 3 is 2.59 bits per heavy atom. The average Bonchev–Trinajstić information content (AvgIpc) is 2.64. The van der Waals surface area contributed by atoms with Crippen molar-refractivity contribution in [1.82, 2.24) is 4.98 Å². The Labute approximate surface area is 98.1 Å². The molecule has 4 heteroatoms. The van der Waals surface area contributed by atoms with E-state index in [9.17, 15) is 10.0 Å². The number of fused-ring (bicyclic) bond motifs is 1. The summed E-state index contributed by atoms with van der Waals surface area (Å²) in [5, 5.41) is 12.8. The van der Waals surface area contributed by atoms with E-state index in [0.29, 0.717) is 16.9 Å². The van der Waals surface area contributed by atoms with E-state index in [4.69, 9.17) is 0 Å². The number of benzene rings is 1. The maximum absolute atomic E-state index is 12.1. The van der Waals surface area contributed by atoms with Crippen LogP contribution >= 0.6 is 0 Å². The summed E-state index contributed by atoms with van der Waals surface area (Å²) in [5.74, 6) is -0.186. The number of carbonyl (C=O) groups excluding carboxylic acids is 1. The van der Waals surface area contributed by atoms with Crippen LogP contribution in [0.25, 0.3) is 0 Å². The Morgan fingerprint density at radius 2 is 1.88 bits per heavy atom. The lowest BCUT2D eigenvalue weighted by atomic mass is 10.1. The number of carbonyl (C=O) groups is 1. The number of pyridine rings is 1. The molecule has 1 aromatic carbocycles. The predicted octanol–water partition coefficient (Wildman–Crippen LogP) is 2.32. The lowest BCUT2D eigenvalue weighted by molar-refractivity contribution is 0.0972. The highest BCUT2D eigenvalue weighted by Gasteiger charge is 2.33. The first-order chi connectivity index (χ1) is 8.29. The number of rotatable bonds is 1. The number of Topliss-reactive ketones (excluding diaryl/α,β-unsaturated/α-hetero) is 1. The van der Waals surface area contributed by atoms with E-state index in [1.165, 1.54) is 0 Å². The predicted molar refractivity (Wildman–Crippen MR) is 63.6 cm³/mol. The number of ketones is 1. The molecule has 1 aromatic heterocycles. The number of hydrogen-bond acceptors (Lipinski definition) is 4. The quantitative estimate of drug-likeness (QED) is 0.747. The van der Waals surface area contributed by atoms with Crippen LogP contribution < -0.4 is 5.06 Å². The van der Waals surface area contributed by atoms with Crippen molar-refractivity contribution in [2.24, 2.45) is 0 Å². The molecule has 17 heavy (non-hydrogen) atoms. The molecule has 1 atom stereocenters. The summed E-state index contributed by atoms with van der Waals surface area (Å²) in [6, 6.07) is 11.2. The molecule has 0 saturated heterocycles. The smallest absolute Gasteiger partial charge is 0.192 e. The van der Waals surface area contributed by atoms with Crippen molar-refractivity contribution in [2.75, 3.05) is 5.06 Å². The average molecular weight is 225 g/mol. The summed E-state index contributed by atoms with van der Waals surface area (Å²) in [6.07, 6.45) is 1.58. The van der Waals surface area contributed by atoms with Gasteiger partial charge in [-0.15, -0.1) is 0 Å². The Bertz CT molecular complexity index is 569. The minimum Gasteiger partial charge on any atom is -0.757 e. The summed E-state index contributed by atoms with van der Waals surface area (Å²) in [7, 11) is 0. The van der Waals surface area contributed by atoms with Crippen molar-refractivity contribution in [3.05, 3.63) is 65.1 Å². The molecule has 1 aliphatic heterocycles. The first kappa shape index (κ1) is 9.99. The molecule has 1 unspecified atom stereocenters. The minimum absolute atomic E-state index is 0.186. The highest BCUT2D eigenvalue weighted by Crippen LogP contribution is 2.38. The van der Waals surface area contributed by atoms with Crippen LogP contribution in [0.2, 0.25) is 0 Å². The van der Waals surface area contributed by atoms with Crippen molar-refractivity contribution in [3.63, 3.8) is 0 Å². The summed E-state index contributed by atoms with van der Waals surface area (Å²) in [4.78, 5) is 16.2. The second-order valence-electron chi connectivity index (χ2n) is 3.86. The lowest BCUT2D eigenvalue weighted by Gasteiger charge is -2.31. The molecule has 1 aliphatic rings. The van der Waals surface area contributed by atoms with Gasteiger partial charge in [0.05, 0.1) is 5.69 Å². The third kappa shape index (κ3) is 1.42. The van der Waals surface area contributed by atoms with Crippen molar-refractivity contribution >= 4 is 11.5 Å². The fourth-order valence-electron chi connectivity index (χ4n) is 2.06. The van der Waals surface area contributed by atoms with Gasteiger partial charge in [0, 0.05) is 17.4 Å². The molecule has 4 nitrogen and oxygen atoms in total. The summed E-state index contributed by atoms with van der Waals surface area (Å²) < 4.78 is 0. The van der Waals surface area contributed by atoms with Crippen molar-refractivity contribution < 1.29 is 4.79 Å². The van der Waals surface area contributed by atoms with Crippen LogP contribution in [0.1, 0.15) is 22.1 Å². The number of anilines is 1. The fraction of sp³-hybridized carbons (Fsp3) is 0.0769. The molecular weight excluding hydrogens is 216 g/mol. The first-order valence-corrected chi connectivity index (χ1v) is 5.29. The van der Waals surface area contributed by atoms with Crippen molar-refractivity contribution in [1.29, 1.82) is 0 Å². The van der Waals surface area contributed by atoms with Gasteiger partial charge in [-0.25, -0.2) is 0 Å². The molecule has 2 aromatic rings. The van der Waals surface area contributed by atoms with E-state index in [1.807, 2.05) is 0 Å². The molecule has 0 spiro atoms. The summed E-state index contributed by atoms with van der Waals surface area (Å²) in [6.45, 7) is 0. The number of aromatic nitrogens is 1. The normalized spacial score (nSPS) is 18.3. The topological polar surface area (TPSA) is 56.3 Å². The van der Waals surface area contributed by atoms with Gasteiger partial charge in [-0.2, -0.15) is 0 Å². The van der Waals surface area contributed by atoms with E-state index in [1.54, 1.807) is 48.7 Å². The molecule has 0 amide bonds. The van der Waals surface area contributed by atoms with Gasteiger partial charge in [0.2, 0.25) is 0 Å². The molecule has 0 bridgehead atoms. The first-order valence-electron chi connectivity index (χ1n) is 5.29. The van der Waals surface area contributed by atoms with Crippen LogP contribution in [0.3, 0.4) is 0 Å². The molecule has 84 valence electrons. The van der Waals surface area contributed by atoms with Gasteiger partial charge in [0.25, 0.3) is 0 Å². The van der Waals surface area contributed by atoms with E-state index < -0.39 is 6.04 Å². The van der Waals surface area contributed by atoms with Crippen molar-refractivity contribution in [2.45, 2.75) is 6.04 Å². The van der Waals surface area contributed by atoms with Gasteiger partial charge in [-0.1, -0.05) is 18.2 Å². The van der Waals surface area contributed by atoms with Crippen LogP contribution in [0.4, 0.5) is 5.69 Å². The fourth-order valence-corrected chi connectivity index (χ4v) is 2.06. The van der Waals surface area contributed by atoms with Gasteiger partial charge in [0.15, 0.2) is 5.78 Å². The van der Waals surface area contributed by atoms with Crippen LogP contribution in [0, 0.1) is 5.21 Å². The van der Waals surface area contributed by atoms with Gasteiger partial charge in [0.1, 0.15) is 6.04 Å². The third-order valence-corrected chi connectivity index (χ3v) is 2.86. The summed E-state index contributed by atoms with van der Waals surface area (Å²) in [5.41, 5.74) is 1.38. The Hall–Kier alpha value is -2.20. The van der Waals surface area contributed by atoms with Crippen LogP contribution in [0.5, 0.6) is 0 Å². The van der Waals surface area contributed by atoms with Crippen LogP contribution in [0.15, 0.2) is 48.7 Å². The number of hydrogen-bond donors (Lipinski definition) is 0. The molecule has 0 radical (unpaired) electrons. The maximum Gasteiger partial charge on any atom is 0.192 e. The van der Waals surface area contributed by atoms with E-state index >= 15 is 0 Å². The SMILES string of the molecule is O=C1c2ccccc2N([O-])C1c1ccccn1. The highest BCUT2D eigenvalue weighted by atomic mass is 16.5. The molecule has 0 fully saturated rings. The molecular formula is C13H9N2O2-. The molecule has 0 saturated carbocycles. The van der Waals surface area contributed by atoms with Crippen LogP contribution in [-0.2, 0) is 0 Å². The number of nitrogens with zero attached hydrogens (tertiary/aromatic N) is 2. The van der Waals surface area contributed by atoms with Crippen molar-refractivity contribution in [3.8, 4) is 0 Å². The second-order valence-corrected chi connectivity index (χ2v) is 3.86. The van der Waals surface area contributed by atoms with Gasteiger partial charge < -0.3 is 10.3 Å². The second kappa shape index (κ2) is 3.68. The number of hydroxylamine groups is 1. The minimum atomic E-state index is -0.839. The van der Waals surface area contributed by atoms with Crippen LogP contribution in [-0.4, -0.2) is 10.8 Å². The number of para-hydroxylation sites is 1. The standard InChI is InChI=1S/C13H9N2O2/c16-13-9-5-1-2-7-11(9)15(17)12(13)10-6-3-4-8-14-10/h1-8,12H/q-1. The zero-order valence-electron chi connectivity index (χ0n) is 8.91. The van der Waals surface area contributed by atoms with Gasteiger partial charge in [-0.05, 0) is 24.3 Å². The van der Waals surface area contributed by atoms with E-state index in [2.05, 4.69) is 4.98 Å². The largest absolute Gasteiger partial charge is 0.757 e. The maximum atomic E-state index is 12.1. The van der Waals surface area contributed by atoms with Gasteiger partial charge in [-0.3, -0.25) is 9.78 Å². The van der Waals surface area contributed by atoms with Gasteiger partial charge >= 0.3 is 0 Å². The monoisotopic (exact) mass is 225 g/mol. The molecule has 2 heterocycles. The summed E-state index contributed by atoms with van der Waals surface area (Å²) >= 11 is 0. The lowest BCUT2D eigenvalue weighted by Crippen LogP contribution is -2.22. The Kier molecular flexibility index (Phi) is 2.16.